The molecule has 0 aliphatic heterocycles. The van der Waals surface area contributed by atoms with Crippen LogP contribution in [0.15, 0.2) is 50.7 Å². The summed E-state index contributed by atoms with van der Waals surface area (Å²) < 4.78 is 10.4. The average Bonchev–Trinajstić information content (AvgIpc) is 3.25. The van der Waals surface area contributed by atoms with E-state index in [2.05, 4.69) is 30.8 Å². The molecule has 0 aliphatic carbocycles. The molecule has 2 N–H and O–H groups in total. The minimum Gasteiger partial charge on any atom is -0.443 e. The maximum Gasteiger partial charge on any atom is 0.223 e. The maximum atomic E-state index is 5.50. The zero-order chi connectivity index (χ0) is 16.8. The van der Waals surface area contributed by atoms with E-state index in [-0.39, 0.29) is 24.0 Å². The number of hydrogen-bond acceptors (Lipinski definition) is 6. The van der Waals surface area contributed by atoms with Crippen molar-refractivity contribution in [3.05, 3.63) is 54.1 Å². The van der Waals surface area contributed by atoms with Gasteiger partial charge in [0.1, 0.15) is 5.69 Å². The molecule has 0 saturated heterocycles. The van der Waals surface area contributed by atoms with E-state index >= 15 is 0 Å². The molecule has 2 aromatic heterocycles. The van der Waals surface area contributed by atoms with Crippen LogP contribution in [0, 0.1) is 6.92 Å². The lowest BCUT2D eigenvalue weighted by atomic mass is 10.1. The molecule has 25 heavy (non-hydrogen) atoms. The second kappa shape index (κ2) is 9.16. The first-order chi connectivity index (χ1) is 11.8. The molecule has 0 fully saturated rings. The lowest BCUT2D eigenvalue weighted by Gasteiger charge is -2.09. The zero-order valence-corrected chi connectivity index (χ0v) is 16.2. The van der Waals surface area contributed by atoms with Crippen molar-refractivity contribution in [2.24, 2.45) is 4.99 Å². The van der Waals surface area contributed by atoms with Crippen LogP contribution in [0.1, 0.15) is 17.4 Å². The number of hydrogen-bond donors (Lipinski definition) is 2. The van der Waals surface area contributed by atoms with Crippen molar-refractivity contribution in [3.63, 3.8) is 0 Å². The van der Waals surface area contributed by atoms with Gasteiger partial charge in [-0.25, -0.2) is 4.98 Å². The molecule has 0 radical (unpaired) electrons. The summed E-state index contributed by atoms with van der Waals surface area (Å²) in [5.41, 5.74) is 1.79. The maximum absolute atomic E-state index is 5.50. The molecule has 1 aromatic carbocycles. The number of nitrogens with one attached hydrogen (secondary N) is 2. The Morgan fingerprint density at radius 2 is 1.92 bits per heavy atom. The van der Waals surface area contributed by atoms with Gasteiger partial charge in [-0.15, -0.1) is 24.0 Å². The Morgan fingerprint density at radius 3 is 2.60 bits per heavy atom. The Balaban J connectivity index is 0.00000225. The smallest absolute Gasteiger partial charge is 0.223 e. The predicted octanol–water partition coefficient (Wildman–Crippen LogP) is 2.52. The third-order valence-corrected chi connectivity index (χ3v) is 3.31. The van der Waals surface area contributed by atoms with Crippen LogP contribution in [0.3, 0.4) is 0 Å². The van der Waals surface area contributed by atoms with Crippen molar-refractivity contribution in [1.29, 1.82) is 0 Å². The summed E-state index contributed by atoms with van der Waals surface area (Å²) >= 11 is 0. The zero-order valence-electron chi connectivity index (χ0n) is 13.9. The van der Waals surface area contributed by atoms with Crippen molar-refractivity contribution in [2.75, 3.05) is 7.05 Å². The van der Waals surface area contributed by atoms with Gasteiger partial charge >= 0.3 is 0 Å². The van der Waals surface area contributed by atoms with E-state index in [9.17, 15) is 0 Å². The lowest BCUT2D eigenvalue weighted by Crippen LogP contribution is -2.36. The summed E-state index contributed by atoms with van der Waals surface area (Å²) in [4.78, 5) is 12.6. The molecule has 9 heteroatoms. The number of nitrogens with zero attached hydrogens (tertiary/aromatic N) is 4. The number of halogens is 1. The minimum atomic E-state index is 0. The Labute approximate surface area is 162 Å². The normalized spacial score (nSPS) is 11.0. The highest BCUT2D eigenvalue weighted by atomic mass is 127. The Kier molecular flexibility index (Phi) is 6.92. The molecule has 0 unspecified atom stereocenters. The molecule has 3 rings (SSSR count). The summed E-state index contributed by atoms with van der Waals surface area (Å²) in [6, 6.07) is 9.85. The van der Waals surface area contributed by atoms with Gasteiger partial charge in [-0.1, -0.05) is 35.5 Å². The van der Waals surface area contributed by atoms with E-state index in [1.54, 1.807) is 14.0 Å². The number of aliphatic imine (C=N–C) groups is 1. The van der Waals surface area contributed by atoms with Crippen LogP contribution >= 0.6 is 24.0 Å². The van der Waals surface area contributed by atoms with Gasteiger partial charge in [0.15, 0.2) is 23.9 Å². The molecule has 132 valence electrons. The molecule has 0 spiro atoms. The third kappa shape index (κ3) is 5.02. The molecule has 2 heterocycles. The third-order valence-electron chi connectivity index (χ3n) is 3.31. The Hall–Kier alpha value is -2.43. The second-order valence-corrected chi connectivity index (χ2v) is 5.00. The van der Waals surface area contributed by atoms with Gasteiger partial charge in [-0.3, -0.25) is 4.99 Å². The molecule has 8 nitrogen and oxygen atoms in total. The van der Waals surface area contributed by atoms with E-state index < -0.39 is 0 Å². The lowest BCUT2D eigenvalue weighted by molar-refractivity contribution is 0.387. The molecular weight excluding hydrogens is 435 g/mol. The highest BCUT2D eigenvalue weighted by molar-refractivity contribution is 14.0. The van der Waals surface area contributed by atoms with Crippen LogP contribution < -0.4 is 10.6 Å². The van der Waals surface area contributed by atoms with E-state index in [0.29, 0.717) is 30.8 Å². The van der Waals surface area contributed by atoms with Crippen LogP contribution in [0.25, 0.3) is 11.3 Å². The van der Waals surface area contributed by atoms with E-state index in [0.717, 1.165) is 17.0 Å². The first-order valence-corrected chi connectivity index (χ1v) is 7.47. The molecule has 0 aliphatic rings. The number of rotatable bonds is 5. The number of oxazole rings is 1. The van der Waals surface area contributed by atoms with E-state index in [1.807, 2.05) is 30.3 Å². The van der Waals surface area contributed by atoms with Gasteiger partial charge < -0.3 is 19.6 Å². The first kappa shape index (κ1) is 18.9. The van der Waals surface area contributed by atoms with Crippen LogP contribution in [0.2, 0.25) is 0 Å². The van der Waals surface area contributed by atoms with Gasteiger partial charge in [-0.05, 0) is 0 Å². The van der Waals surface area contributed by atoms with E-state index in [4.69, 9.17) is 8.94 Å². The quantitative estimate of drug-likeness (QED) is 0.347. The van der Waals surface area contributed by atoms with Gasteiger partial charge in [0, 0.05) is 19.5 Å². The highest BCUT2D eigenvalue weighted by Gasteiger charge is 2.11. The summed E-state index contributed by atoms with van der Waals surface area (Å²) in [6.07, 6.45) is 1.44. The fraction of sp³-hybridized carbons (Fsp3) is 0.250. The van der Waals surface area contributed by atoms with Gasteiger partial charge in [0.25, 0.3) is 0 Å². The Bertz CT molecular complexity index is 815. The topological polar surface area (TPSA) is 101 Å². The Morgan fingerprint density at radius 1 is 1.16 bits per heavy atom. The van der Waals surface area contributed by atoms with Crippen molar-refractivity contribution in [1.82, 2.24) is 25.8 Å². The molecule has 0 saturated carbocycles. The van der Waals surface area contributed by atoms with Crippen molar-refractivity contribution >= 4 is 29.9 Å². The van der Waals surface area contributed by atoms with Crippen LogP contribution in [0.4, 0.5) is 0 Å². The molecule has 0 atom stereocenters. The summed E-state index contributed by atoms with van der Waals surface area (Å²) in [5.74, 6) is 2.46. The molecule has 0 amide bonds. The van der Waals surface area contributed by atoms with E-state index in [1.165, 1.54) is 6.39 Å². The second-order valence-electron chi connectivity index (χ2n) is 5.00. The number of aryl methyl sites for hydroxylation is 1. The number of aromatic nitrogens is 3. The summed E-state index contributed by atoms with van der Waals surface area (Å²) in [7, 11) is 1.69. The molecule has 3 aromatic rings. The highest BCUT2D eigenvalue weighted by Crippen LogP contribution is 2.22. The fourth-order valence-corrected chi connectivity index (χ4v) is 2.18. The number of guanidine groups is 1. The fourth-order valence-electron chi connectivity index (χ4n) is 2.18. The van der Waals surface area contributed by atoms with Crippen molar-refractivity contribution in [2.45, 2.75) is 20.0 Å². The van der Waals surface area contributed by atoms with Crippen molar-refractivity contribution < 1.29 is 8.94 Å². The number of benzene rings is 1. The van der Waals surface area contributed by atoms with Crippen LogP contribution in [0.5, 0.6) is 0 Å². The van der Waals surface area contributed by atoms with Gasteiger partial charge in [0.05, 0.1) is 13.1 Å². The van der Waals surface area contributed by atoms with Crippen molar-refractivity contribution in [3.8, 4) is 11.3 Å². The standard InChI is InChI=1S/C16H18N6O2.HI/c1-11-21-14(22-24-11)9-19-16(17-2)18-8-13-15(23-10-20-13)12-6-4-3-5-7-12;/h3-7,10H,8-9H2,1-2H3,(H2,17,18,19);1H. The predicted molar refractivity (Wildman–Crippen MR) is 103 cm³/mol. The molecular formula is C16H19IN6O2. The van der Waals surface area contributed by atoms with Gasteiger partial charge in [-0.2, -0.15) is 4.98 Å². The minimum absolute atomic E-state index is 0. The molecule has 0 bridgehead atoms. The summed E-state index contributed by atoms with van der Waals surface area (Å²) in [6.45, 7) is 2.65. The van der Waals surface area contributed by atoms with Gasteiger partial charge in [0.2, 0.25) is 5.89 Å². The largest absolute Gasteiger partial charge is 0.443 e. The van der Waals surface area contributed by atoms with Crippen LogP contribution in [-0.4, -0.2) is 28.1 Å². The van der Waals surface area contributed by atoms with Crippen LogP contribution in [-0.2, 0) is 13.1 Å². The monoisotopic (exact) mass is 454 g/mol. The average molecular weight is 454 g/mol. The SMILES string of the molecule is CN=C(NCc1noc(C)n1)NCc1ncoc1-c1ccccc1.I. The first-order valence-electron chi connectivity index (χ1n) is 7.47. The summed E-state index contributed by atoms with van der Waals surface area (Å²) in [5, 5.41) is 10.1.